The van der Waals surface area contributed by atoms with Crippen LogP contribution in [-0.4, -0.2) is 25.0 Å². The predicted octanol–water partition coefficient (Wildman–Crippen LogP) is 1.82. The van der Waals surface area contributed by atoms with E-state index in [1.165, 1.54) is 18.4 Å². The third-order valence-electron chi connectivity index (χ3n) is 4.11. The molecule has 0 radical (unpaired) electrons. The smallest absolute Gasteiger partial charge is 0.231 e. The summed E-state index contributed by atoms with van der Waals surface area (Å²) in [5.74, 6) is 1.71. The van der Waals surface area contributed by atoms with E-state index in [4.69, 9.17) is 14.2 Å². The Hall–Kier alpha value is -1.26. The number of benzene rings is 1. The lowest BCUT2D eigenvalue weighted by Gasteiger charge is -2.20. The monoisotopic (exact) mass is 247 g/mol. The number of ether oxygens (including phenoxy) is 3. The van der Waals surface area contributed by atoms with Crippen LogP contribution in [0.5, 0.6) is 11.5 Å². The van der Waals surface area contributed by atoms with Crippen molar-refractivity contribution in [2.45, 2.75) is 44.1 Å². The van der Waals surface area contributed by atoms with Gasteiger partial charge in [0.05, 0.1) is 12.2 Å². The van der Waals surface area contributed by atoms with Gasteiger partial charge in [-0.25, -0.2) is 0 Å². The molecule has 0 saturated carbocycles. The SMILES string of the molecule is c1cc2c(cc1CNC1CC3CCC1O3)OCO2. The summed E-state index contributed by atoms with van der Waals surface area (Å²) in [7, 11) is 0. The standard InChI is InChI=1S/C14H17NO3/c1-3-13-14(17-8-16-13)5-9(1)7-15-11-6-10-2-4-12(11)18-10/h1,3,5,10-12,15H,2,4,6-8H2. The number of hydrogen-bond acceptors (Lipinski definition) is 4. The van der Waals surface area contributed by atoms with Gasteiger partial charge in [0, 0.05) is 12.6 Å². The zero-order chi connectivity index (χ0) is 11.9. The molecule has 2 bridgehead atoms. The van der Waals surface area contributed by atoms with Gasteiger partial charge in [-0.3, -0.25) is 0 Å². The second kappa shape index (κ2) is 4.14. The molecule has 3 aliphatic heterocycles. The molecule has 0 amide bonds. The summed E-state index contributed by atoms with van der Waals surface area (Å²) in [6, 6.07) is 6.66. The van der Waals surface area contributed by atoms with Crippen LogP contribution < -0.4 is 14.8 Å². The highest BCUT2D eigenvalue weighted by molar-refractivity contribution is 5.44. The molecular weight excluding hydrogens is 230 g/mol. The number of nitrogens with one attached hydrogen (secondary N) is 1. The maximum atomic E-state index is 5.84. The van der Waals surface area contributed by atoms with Crippen LogP contribution >= 0.6 is 0 Å². The van der Waals surface area contributed by atoms with Crippen molar-refractivity contribution in [3.05, 3.63) is 23.8 Å². The third-order valence-corrected chi connectivity index (χ3v) is 4.11. The van der Waals surface area contributed by atoms with Gasteiger partial charge in [0.2, 0.25) is 6.79 Å². The van der Waals surface area contributed by atoms with Gasteiger partial charge < -0.3 is 19.5 Å². The fourth-order valence-electron chi connectivity index (χ4n) is 3.15. The first-order chi connectivity index (χ1) is 8.88. The van der Waals surface area contributed by atoms with Gasteiger partial charge >= 0.3 is 0 Å². The summed E-state index contributed by atoms with van der Waals surface area (Å²) in [6.45, 7) is 1.21. The van der Waals surface area contributed by atoms with Gasteiger partial charge in [0.1, 0.15) is 0 Å². The molecule has 3 aliphatic rings. The van der Waals surface area contributed by atoms with Crippen molar-refractivity contribution in [1.29, 1.82) is 0 Å². The zero-order valence-corrected chi connectivity index (χ0v) is 10.2. The molecule has 2 fully saturated rings. The Morgan fingerprint density at radius 3 is 2.94 bits per heavy atom. The summed E-state index contributed by atoms with van der Waals surface area (Å²) < 4.78 is 16.5. The predicted molar refractivity (Wildman–Crippen MR) is 65.7 cm³/mol. The molecule has 4 heteroatoms. The van der Waals surface area contributed by atoms with Crippen molar-refractivity contribution in [2.75, 3.05) is 6.79 Å². The first kappa shape index (κ1) is 10.6. The van der Waals surface area contributed by atoms with Crippen LogP contribution in [0.25, 0.3) is 0 Å². The molecule has 4 nitrogen and oxygen atoms in total. The number of hydrogen-bond donors (Lipinski definition) is 1. The van der Waals surface area contributed by atoms with Gasteiger partial charge in [0.15, 0.2) is 11.5 Å². The van der Waals surface area contributed by atoms with Crippen LogP contribution in [0.15, 0.2) is 18.2 Å². The lowest BCUT2D eigenvalue weighted by molar-refractivity contribution is 0.0973. The highest BCUT2D eigenvalue weighted by atomic mass is 16.7. The van der Waals surface area contributed by atoms with Gasteiger partial charge in [-0.2, -0.15) is 0 Å². The van der Waals surface area contributed by atoms with Crippen LogP contribution in [0.4, 0.5) is 0 Å². The average molecular weight is 247 g/mol. The van der Waals surface area contributed by atoms with E-state index in [9.17, 15) is 0 Å². The van der Waals surface area contributed by atoms with E-state index >= 15 is 0 Å². The molecule has 3 heterocycles. The topological polar surface area (TPSA) is 39.7 Å². The molecule has 2 saturated heterocycles. The minimum Gasteiger partial charge on any atom is -0.454 e. The Bertz CT molecular complexity index is 462. The Morgan fingerprint density at radius 1 is 1.17 bits per heavy atom. The molecule has 0 aromatic heterocycles. The third kappa shape index (κ3) is 1.76. The quantitative estimate of drug-likeness (QED) is 0.884. The van der Waals surface area contributed by atoms with Crippen molar-refractivity contribution in [3.8, 4) is 11.5 Å². The normalized spacial score (nSPS) is 32.1. The second-order valence-corrected chi connectivity index (χ2v) is 5.28. The Balaban J connectivity index is 1.40. The van der Waals surface area contributed by atoms with E-state index < -0.39 is 0 Å². The number of fused-ring (bicyclic) bond motifs is 3. The van der Waals surface area contributed by atoms with E-state index in [0.29, 0.717) is 25.0 Å². The van der Waals surface area contributed by atoms with Crippen LogP contribution in [-0.2, 0) is 11.3 Å². The molecule has 0 spiro atoms. The van der Waals surface area contributed by atoms with E-state index in [1.54, 1.807) is 0 Å². The molecule has 3 unspecified atom stereocenters. The summed E-state index contributed by atoms with van der Waals surface area (Å²) in [4.78, 5) is 0. The summed E-state index contributed by atoms with van der Waals surface area (Å²) >= 11 is 0. The van der Waals surface area contributed by atoms with Crippen LogP contribution in [0.1, 0.15) is 24.8 Å². The van der Waals surface area contributed by atoms with Crippen LogP contribution in [0.3, 0.4) is 0 Å². The maximum absolute atomic E-state index is 5.84. The van der Waals surface area contributed by atoms with E-state index in [1.807, 2.05) is 6.07 Å². The summed E-state index contributed by atoms with van der Waals surface area (Å²) in [5.41, 5.74) is 1.24. The summed E-state index contributed by atoms with van der Waals surface area (Å²) in [5, 5.41) is 3.60. The highest BCUT2D eigenvalue weighted by Gasteiger charge is 2.40. The molecule has 1 aromatic carbocycles. The molecule has 0 aliphatic carbocycles. The van der Waals surface area contributed by atoms with Crippen molar-refractivity contribution in [1.82, 2.24) is 5.32 Å². The van der Waals surface area contributed by atoms with Gasteiger partial charge in [-0.15, -0.1) is 0 Å². The highest BCUT2D eigenvalue weighted by Crippen LogP contribution is 2.35. The fourth-order valence-corrected chi connectivity index (χ4v) is 3.15. The van der Waals surface area contributed by atoms with Crippen LogP contribution in [0, 0.1) is 0 Å². The average Bonchev–Trinajstić information content (AvgIpc) is 3.11. The lowest BCUT2D eigenvalue weighted by atomic mass is 9.95. The maximum Gasteiger partial charge on any atom is 0.231 e. The van der Waals surface area contributed by atoms with E-state index in [0.717, 1.165) is 24.5 Å². The molecular formula is C14H17NO3. The van der Waals surface area contributed by atoms with Crippen LogP contribution in [0.2, 0.25) is 0 Å². The fraction of sp³-hybridized carbons (Fsp3) is 0.571. The molecule has 1 aromatic rings. The van der Waals surface area contributed by atoms with Gasteiger partial charge in [-0.1, -0.05) is 6.07 Å². The molecule has 18 heavy (non-hydrogen) atoms. The lowest BCUT2D eigenvalue weighted by Crippen LogP contribution is -2.36. The second-order valence-electron chi connectivity index (χ2n) is 5.28. The minimum atomic E-state index is 0.340. The number of rotatable bonds is 3. The van der Waals surface area contributed by atoms with Crippen molar-refractivity contribution in [3.63, 3.8) is 0 Å². The van der Waals surface area contributed by atoms with Gasteiger partial charge in [0.25, 0.3) is 0 Å². The van der Waals surface area contributed by atoms with E-state index in [-0.39, 0.29) is 0 Å². The molecule has 4 rings (SSSR count). The minimum absolute atomic E-state index is 0.340. The Labute approximate surface area is 106 Å². The van der Waals surface area contributed by atoms with E-state index in [2.05, 4.69) is 17.4 Å². The molecule has 1 N–H and O–H groups in total. The molecule has 3 atom stereocenters. The van der Waals surface area contributed by atoms with Crippen molar-refractivity contribution in [2.24, 2.45) is 0 Å². The summed E-state index contributed by atoms with van der Waals surface area (Å²) in [6.07, 6.45) is 4.55. The Morgan fingerprint density at radius 2 is 2.11 bits per heavy atom. The van der Waals surface area contributed by atoms with Crippen molar-refractivity contribution < 1.29 is 14.2 Å². The van der Waals surface area contributed by atoms with Crippen molar-refractivity contribution >= 4 is 0 Å². The first-order valence-electron chi connectivity index (χ1n) is 6.66. The Kier molecular flexibility index (Phi) is 2.45. The zero-order valence-electron chi connectivity index (χ0n) is 10.2. The first-order valence-corrected chi connectivity index (χ1v) is 6.66. The molecule has 96 valence electrons. The largest absolute Gasteiger partial charge is 0.454 e. The van der Waals surface area contributed by atoms with Gasteiger partial charge in [-0.05, 0) is 37.0 Å².